The predicted molar refractivity (Wildman–Crippen MR) is 178 cm³/mol. The average molecular weight is 647 g/mol. The van der Waals surface area contributed by atoms with E-state index in [0.717, 1.165) is 57.3 Å². The van der Waals surface area contributed by atoms with Crippen molar-refractivity contribution in [3.8, 4) is 0 Å². The summed E-state index contributed by atoms with van der Waals surface area (Å²) in [7, 11) is 0. The van der Waals surface area contributed by atoms with Crippen LogP contribution in [0.2, 0.25) is 0 Å². The number of carbonyl (C=O) groups is 1. The first-order valence-electron chi connectivity index (χ1n) is 15.8. The molecular weight excluding hydrogens is 601 g/mol. The summed E-state index contributed by atoms with van der Waals surface area (Å²) >= 11 is 10.9. The first-order chi connectivity index (χ1) is 20.9. The van der Waals surface area contributed by atoms with Gasteiger partial charge in [-0.15, -0.1) is 0 Å². The Kier molecular flexibility index (Phi) is 10.2. The van der Waals surface area contributed by atoms with Crippen molar-refractivity contribution >= 4 is 53.1 Å². The summed E-state index contributed by atoms with van der Waals surface area (Å²) < 4.78 is 7.88. The Labute approximate surface area is 267 Å². The Morgan fingerprint density at radius 1 is 0.795 bits per heavy atom. The fourth-order valence-electron chi connectivity index (χ4n) is 6.72. The molecule has 0 radical (unpaired) electrons. The lowest BCUT2D eigenvalue weighted by Crippen LogP contribution is -2.48. The zero-order chi connectivity index (χ0) is 32.4. The van der Waals surface area contributed by atoms with Crippen molar-refractivity contribution in [2.24, 2.45) is 5.41 Å². The van der Waals surface area contributed by atoms with Gasteiger partial charge in [-0.05, 0) is 88.6 Å². The van der Waals surface area contributed by atoms with Gasteiger partial charge in [-0.2, -0.15) is 0 Å². The second-order valence-corrected chi connectivity index (χ2v) is 13.0. The number of hydrogen-bond donors (Lipinski definition) is 4. The number of nitrogens with one attached hydrogen (secondary N) is 1. The number of carboxylic acid groups (broad SMARTS) is 1. The molecular formula is C30H46N8O4S2. The largest absolute Gasteiger partial charge is 0.481 e. The van der Waals surface area contributed by atoms with Crippen molar-refractivity contribution in [1.82, 2.24) is 28.2 Å². The van der Waals surface area contributed by atoms with Gasteiger partial charge in [0, 0.05) is 31.6 Å². The number of nitrogen functional groups attached to an aromatic ring is 2. The standard InChI is InChI=1S/C20H28N4O3S.C10H18N4OS/c1-3-11-23-14-13(15(25)24(12-4-2)18(23)28)21-16(22-14)19-5-8-20(9-6-19,10-7-19)17(26)27;1-3-5-13-8(12)7(11)9(15)14(6-4-2)10(13)16/h3-12H2,1-2H3,(H,21,22)(H,26,27);3-6,11-12H2,1-2H3. The third-order valence-corrected chi connectivity index (χ3v) is 10.2. The maximum absolute atomic E-state index is 13.1. The van der Waals surface area contributed by atoms with Crippen LogP contribution in [0.4, 0.5) is 11.5 Å². The highest BCUT2D eigenvalue weighted by molar-refractivity contribution is 7.71. The number of nitrogens with zero attached hydrogens (tertiary/aromatic N) is 5. The van der Waals surface area contributed by atoms with Gasteiger partial charge >= 0.3 is 5.97 Å². The number of aryl methyl sites for hydroxylation is 1. The van der Waals surface area contributed by atoms with Crippen LogP contribution in [0.15, 0.2) is 9.59 Å². The molecule has 0 saturated heterocycles. The summed E-state index contributed by atoms with van der Waals surface area (Å²) in [5.41, 5.74) is 11.7. The van der Waals surface area contributed by atoms with Crippen molar-refractivity contribution in [2.75, 3.05) is 11.5 Å². The summed E-state index contributed by atoms with van der Waals surface area (Å²) in [5.74, 6) is 0.459. The SMILES string of the molecule is CCCn1c(=O)c2[nH]c(C34CCC(C(=O)O)(CC3)CC4)nc2n(CCC)c1=S.CCCn1c(N)c(N)c(=O)n(CCC)c1=S. The Morgan fingerprint density at radius 2 is 1.25 bits per heavy atom. The summed E-state index contributed by atoms with van der Waals surface area (Å²) in [6.07, 6.45) is 7.92. The van der Waals surface area contributed by atoms with Crippen molar-refractivity contribution in [3.63, 3.8) is 0 Å². The molecule has 0 amide bonds. The molecule has 12 nitrogen and oxygen atoms in total. The van der Waals surface area contributed by atoms with Crippen LogP contribution in [0.1, 0.15) is 97.7 Å². The third-order valence-electron chi connectivity index (χ3n) is 9.36. The van der Waals surface area contributed by atoms with E-state index in [-0.39, 0.29) is 28.0 Å². The highest BCUT2D eigenvalue weighted by Gasteiger charge is 2.54. The minimum Gasteiger partial charge on any atom is -0.481 e. The molecule has 0 spiro atoms. The number of aromatic nitrogens is 6. The molecule has 14 heteroatoms. The van der Waals surface area contributed by atoms with Gasteiger partial charge in [0.2, 0.25) is 0 Å². The van der Waals surface area contributed by atoms with E-state index in [1.807, 2.05) is 25.3 Å². The number of aromatic amines is 1. The highest BCUT2D eigenvalue weighted by atomic mass is 32.1. The molecule has 2 bridgehead atoms. The minimum absolute atomic E-state index is 0.0931. The Morgan fingerprint density at radius 3 is 1.75 bits per heavy atom. The van der Waals surface area contributed by atoms with Crippen molar-refractivity contribution in [2.45, 2.75) is 123 Å². The number of anilines is 2. The minimum atomic E-state index is -0.663. The molecule has 3 aliphatic carbocycles. The van der Waals surface area contributed by atoms with E-state index < -0.39 is 11.4 Å². The molecule has 242 valence electrons. The molecule has 0 atom stereocenters. The molecule has 44 heavy (non-hydrogen) atoms. The number of hydrogen-bond acceptors (Lipinski definition) is 8. The smallest absolute Gasteiger partial charge is 0.309 e. The van der Waals surface area contributed by atoms with Gasteiger partial charge in [0.25, 0.3) is 11.1 Å². The first kappa shape index (κ1) is 33.6. The van der Waals surface area contributed by atoms with Crippen LogP contribution in [0, 0.1) is 15.0 Å². The van der Waals surface area contributed by atoms with Crippen LogP contribution in [0.3, 0.4) is 0 Å². The molecule has 0 unspecified atom stereocenters. The van der Waals surface area contributed by atoms with E-state index in [0.29, 0.717) is 59.6 Å². The predicted octanol–water partition coefficient (Wildman–Crippen LogP) is 5.12. The molecule has 6 rings (SSSR count). The number of rotatable bonds is 10. The lowest BCUT2D eigenvalue weighted by Gasteiger charge is -2.50. The van der Waals surface area contributed by atoms with E-state index in [2.05, 4.69) is 11.9 Å². The molecule has 6 N–H and O–H groups in total. The molecule has 3 heterocycles. The van der Waals surface area contributed by atoms with Crippen molar-refractivity contribution < 1.29 is 9.90 Å². The second-order valence-electron chi connectivity index (χ2n) is 12.2. The number of fused-ring (bicyclic) bond motifs is 4. The number of imidazole rings is 1. The monoisotopic (exact) mass is 646 g/mol. The Hall–Kier alpha value is -3.26. The summed E-state index contributed by atoms with van der Waals surface area (Å²) in [5, 5.41) is 9.64. The maximum Gasteiger partial charge on any atom is 0.309 e. The van der Waals surface area contributed by atoms with E-state index in [1.165, 1.54) is 4.57 Å². The summed E-state index contributed by atoms with van der Waals surface area (Å²) in [6.45, 7) is 10.7. The first-order valence-corrected chi connectivity index (χ1v) is 16.6. The van der Waals surface area contributed by atoms with Crippen molar-refractivity contribution in [3.05, 3.63) is 36.1 Å². The molecule has 3 aliphatic rings. The van der Waals surface area contributed by atoms with Gasteiger partial charge in [0.05, 0.1) is 5.41 Å². The molecule has 0 aromatic carbocycles. The molecule has 3 aromatic heterocycles. The van der Waals surface area contributed by atoms with Crippen molar-refractivity contribution in [1.29, 1.82) is 0 Å². The van der Waals surface area contributed by atoms with Crippen LogP contribution in [-0.4, -0.2) is 39.3 Å². The Bertz CT molecular complexity index is 1760. The number of nitrogens with two attached hydrogens (primary N) is 2. The molecule has 0 aliphatic heterocycles. The van der Waals surface area contributed by atoms with Crippen LogP contribution in [-0.2, 0) is 36.4 Å². The quantitative estimate of drug-likeness (QED) is 0.218. The van der Waals surface area contributed by atoms with E-state index in [1.54, 1.807) is 9.13 Å². The topological polar surface area (TPSA) is 172 Å². The summed E-state index contributed by atoms with van der Waals surface area (Å²) in [6, 6.07) is 0. The van der Waals surface area contributed by atoms with Gasteiger partial charge in [0.15, 0.2) is 15.2 Å². The fraction of sp³-hybridized carbons (Fsp3) is 0.667. The van der Waals surface area contributed by atoms with Gasteiger partial charge in [0.1, 0.15) is 22.8 Å². The van der Waals surface area contributed by atoms with E-state index in [9.17, 15) is 19.5 Å². The summed E-state index contributed by atoms with van der Waals surface area (Å²) in [4.78, 5) is 44.9. The highest BCUT2D eigenvalue weighted by Crippen LogP contribution is 2.57. The lowest BCUT2D eigenvalue weighted by atomic mass is 9.53. The lowest BCUT2D eigenvalue weighted by molar-refractivity contribution is -0.156. The normalized spacial score (nSPS) is 20.9. The van der Waals surface area contributed by atoms with E-state index in [4.69, 9.17) is 40.9 Å². The Balaban J connectivity index is 0.000000236. The zero-order valence-electron chi connectivity index (χ0n) is 26.3. The average Bonchev–Trinajstić information content (AvgIpc) is 3.48. The zero-order valence-corrected chi connectivity index (χ0v) is 27.9. The van der Waals surface area contributed by atoms with Crippen LogP contribution < -0.4 is 22.6 Å². The number of aliphatic carboxylic acids is 1. The molecule has 3 saturated carbocycles. The van der Waals surface area contributed by atoms with E-state index >= 15 is 0 Å². The fourth-order valence-corrected chi connectivity index (χ4v) is 7.44. The van der Waals surface area contributed by atoms with Gasteiger partial charge in [-0.1, -0.05) is 27.7 Å². The number of H-pyrrole nitrogens is 1. The maximum atomic E-state index is 13.1. The van der Waals surface area contributed by atoms with Gasteiger partial charge < -0.3 is 30.7 Å². The van der Waals surface area contributed by atoms with Gasteiger partial charge in [-0.25, -0.2) is 4.98 Å². The van der Waals surface area contributed by atoms with Gasteiger partial charge in [-0.3, -0.25) is 23.5 Å². The number of carboxylic acids is 1. The molecule has 3 fully saturated rings. The van der Waals surface area contributed by atoms with Crippen LogP contribution in [0.5, 0.6) is 0 Å². The third kappa shape index (κ3) is 5.78. The van der Waals surface area contributed by atoms with Crippen LogP contribution in [0.25, 0.3) is 11.2 Å². The molecule has 3 aromatic rings. The second kappa shape index (κ2) is 13.4. The van der Waals surface area contributed by atoms with Crippen LogP contribution >= 0.6 is 24.4 Å².